The Balaban J connectivity index is 1.69. The molecule has 0 bridgehead atoms. The first-order valence-electron chi connectivity index (χ1n) is 9.86. The van der Waals surface area contributed by atoms with Crippen LogP contribution in [-0.4, -0.2) is 38.3 Å². The number of hydrogen-bond acceptors (Lipinski definition) is 5. The Labute approximate surface area is 185 Å². The van der Waals surface area contributed by atoms with Crippen LogP contribution in [0.2, 0.25) is 0 Å². The molecule has 2 aromatic rings. The SMILES string of the molecule is NS(=O)(=O)c1cccc(NC(=O)c2cc(C(F)(F)F)cnc2N2CCC[C@]3(C2)CC3(F)F)c1. The topological polar surface area (TPSA) is 105 Å². The number of nitrogens with two attached hydrogens (primary N) is 1. The lowest BCUT2D eigenvalue weighted by molar-refractivity contribution is -0.137. The zero-order valence-corrected chi connectivity index (χ0v) is 17.8. The molecule has 2 fully saturated rings. The molecule has 1 aliphatic heterocycles. The second kappa shape index (κ2) is 7.62. The molecule has 7 nitrogen and oxygen atoms in total. The lowest BCUT2D eigenvalue weighted by Gasteiger charge is -2.35. The van der Waals surface area contributed by atoms with Gasteiger partial charge >= 0.3 is 6.18 Å². The van der Waals surface area contributed by atoms with Crippen LogP contribution in [0, 0.1) is 5.41 Å². The molecule has 1 spiro atoms. The number of pyridine rings is 1. The highest BCUT2D eigenvalue weighted by molar-refractivity contribution is 7.89. The van der Waals surface area contributed by atoms with E-state index in [9.17, 15) is 35.2 Å². The molecule has 1 saturated heterocycles. The highest BCUT2D eigenvalue weighted by Gasteiger charge is 2.71. The average Bonchev–Trinajstić information content (AvgIpc) is 3.24. The van der Waals surface area contributed by atoms with Crippen molar-refractivity contribution >= 4 is 27.4 Å². The lowest BCUT2D eigenvalue weighted by Crippen LogP contribution is -2.40. The Morgan fingerprint density at radius 2 is 1.91 bits per heavy atom. The number of nitrogens with zero attached hydrogens (tertiary/aromatic N) is 2. The van der Waals surface area contributed by atoms with Crippen LogP contribution in [0.25, 0.3) is 0 Å². The maximum Gasteiger partial charge on any atom is 0.417 e. The summed E-state index contributed by atoms with van der Waals surface area (Å²) in [5.74, 6) is -4.02. The van der Waals surface area contributed by atoms with Crippen LogP contribution in [0.15, 0.2) is 41.4 Å². The van der Waals surface area contributed by atoms with Crippen molar-refractivity contribution in [2.75, 3.05) is 23.3 Å². The Morgan fingerprint density at radius 3 is 2.52 bits per heavy atom. The van der Waals surface area contributed by atoms with E-state index in [1.54, 1.807) is 0 Å². The number of nitrogens with one attached hydrogen (secondary N) is 1. The van der Waals surface area contributed by atoms with E-state index in [-0.39, 0.29) is 42.3 Å². The third-order valence-electron chi connectivity index (χ3n) is 5.95. The van der Waals surface area contributed by atoms with Crippen molar-refractivity contribution in [3.63, 3.8) is 0 Å². The highest BCUT2D eigenvalue weighted by Crippen LogP contribution is 2.64. The summed E-state index contributed by atoms with van der Waals surface area (Å²) in [7, 11) is -4.09. The van der Waals surface area contributed by atoms with E-state index in [0.717, 1.165) is 6.07 Å². The summed E-state index contributed by atoms with van der Waals surface area (Å²) < 4.78 is 90.8. The maximum absolute atomic E-state index is 13.9. The summed E-state index contributed by atoms with van der Waals surface area (Å²) in [6, 6.07) is 5.46. The molecule has 1 atom stereocenters. The monoisotopic (exact) mass is 490 g/mol. The van der Waals surface area contributed by atoms with Gasteiger partial charge in [0.15, 0.2) is 0 Å². The smallest absolute Gasteiger partial charge is 0.355 e. The molecule has 13 heteroatoms. The number of rotatable bonds is 4. The second-order valence-corrected chi connectivity index (χ2v) is 9.87. The number of aromatic nitrogens is 1. The fourth-order valence-corrected chi connectivity index (χ4v) is 4.68. The number of halogens is 5. The predicted octanol–water partition coefficient (Wildman–Crippen LogP) is 3.63. The van der Waals surface area contributed by atoms with Crippen LogP contribution in [0.3, 0.4) is 0 Å². The van der Waals surface area contributed by atoms with Gasteiger partial charge in [0.1, 0.15) is 5.82 Å². The van der Waals surface area contributed by atoms with Gasteiger partial charge in [-0.1, -0.05) is 6.07 Å². The van der Waals surface area contributed by atoms with E-state index in [1.165, 1.54) is 23.1 Å². The number of alkyl halides is 5. The molecule has 2 aliphatic rings. The van der Waals surface area contributed by atoms with Gasteiger partial charge in [0.2, 0.25) is 10.0 Å². The zero-order chi connectivity index (χ0) is 24.2. The Hall–Kier alpha value is -2.80. The van der Waals surface area contributed by atoms with Gasteiger partial charge in [-0.05, 0) is 37.1 Å². The third-order valence-corrected chi connectivity index (χ3v) is 6.86. The average molecular weight is 490 g/mol. The number of amides is 1. The molecule has 0 radical (unpaired) electrons. The van der Waals surface area contributed by atoms with Gasteiger partial charge in [-0.2, -0.15) is 13.2 Å². The van der Waals surface area contributed by atoms with Gasteiger partial charge in [0.05, 0.1) is 21.4 Å². The summed E-state index contributed by atoms with van der Waals surface area (Å²) in [6.45, 7) is 0.108. The maximum atomic E-state index is 13.9. The molecule has 1 aromatic carbocycles. The fourth-order valence-electron chi connectivity index (χ4n) is 4.12. The minimum absolute atomic E-state index is 0.0290. The molecule has 178 valence electrons. The van der Waals surface area contributed by atoms with E-state index in [0.29, 0.717) is 18.7 Å². The molecule has 3 N–H and O–H groups in total. The van der Waals surface area contributed by atoms with Crippen LogP contribution in [0.5, 0.6) is 0 Å². The number of carbonyl (C=O) groups is 1. The van der Waals surface area contributed by atoms with Crippen molar-refractivity contribution in [2.45, 2.75) is 36.3 Å². The van der Waals surface area contributed by atoms with Gasteiger partial charge in [-0.3, -0.25) is 4.79 Å². The second-order valence-electron chi connectivity index (χ2n) is 8.31. The van der Waals surface area contributed by atoms with Crippen molar-refractivity contribution in [1.29, 1.82) is 0 Å². The Bertz CT molecular complexity index is 1220. The molecule has 1 saturated carbocycles. The van der Waals surface area contributed by atoms with Crippen LogP contribution in [-0.2, 0) is 16.2 Å². The van der Waals surface area contributed by atoms with Crippen molar-refractivity contribution in [2.24, 2.45) is 10.6 Å². The quantitative estimate of drug-likeness (QED) is 0.637. The number of sulfonamides is 1. The minimum atomic E-state index is -4.79. The Kier molecular flexibility index (Phi) is 5.39. The van der Waals surface area contributed by atoms with E-state index in [1.807, 2.05) is 0 Å². The molecule has 4 rings (SSSR count). The van der Waals surface area contributed by atoms with E-state index >= 15 is 0 Å². The molecule has 1 amide bonds. The molecule has 2 heterocycles. The fraction of sp³-hybridized carbons (Fsp3) is 0.400. The molecule has 1 aromatic heterocycles. The van der Waals surface area contributed by atoms with Gasteiger partial charge in [0, 0.05) is 31.4 Å². The van der Waals surface area contributed by atoms with Gasteiger partial charge in [-0.15, -0.1) is 0 Å². The molecule has 33 heavy (non-hydrogen) atoms. The van der Waals surface area contributed by atoms with Gasteiger partial charge < -0.3 is 10.2 Å². The van der Waals surface area contributed by atoms with Crippen LogP contribution >= 0.6 is 0 Å². The van der Waals surface area contributed by atoms with Crippen molar-refractivity contribution in [3.8, 4) is 0 Å². The largest absolute Gasteiger partial charge is 0.417 e. The highest BCUT2D eigenvalue weighted by atomic mass is 32.2. The molecular formula is C20H19F5N4O3S. The lowest BCUT2D eigenvalue weighted by atomic mass is 9.94. The number of carbonyl (C=O) groups excluding carboxylic acids is 1. The third kappa shape index (κ3) is 4.51. The number of piperidine rings is 1. The van der Waals surface area contributed by atoms with Crippen LogP contribution in [0.1, 0.15) is 35.2 Å². The minimum Gasteiger partial charge on any atom is -0.355 e. The van der Waals surface area contributed by atoms with E-state index in [4.69, 9.17) is 5.14 Å². The summed E-state index contributed by atoms with van der Waals surface area (Å²) in [5, 5.41) is 7.41. The van der Waals surface area contributed by atoms with Gasteiger partial charge in [0.25, 0.3) is 11.8 Å². The van der Waals surface area contributed by atoms with Crippen molar-refractivity contribution in [3.05, 3.63) is 47.7 Å². The normalized spacial score (nSPS) is 22.3. The Morgan fingerprint density at radius 1 is 1.21 bits per heavy atom. The molecule has 1 aliphatic carbocycles. The van der Waals surface area contributed by atoms with E-state index in [2.05, 4.69) is 10.3 Å². The van der Waals surface area contributed by atoms with E-state index < -0.39 is 44.6 Å². The first-order chi connectivity index (χ1) is 15.2. The summed E-state index contributed by atoms with van der Waals surface area (Å²) in [5.41, 5.74) is -2.95. The molecular weight excluding hydrogens is 471 g/mol. The number of hydrogen-bond donors (Lipinski definition) is 2. The van der Waals surface area contributed by atoms with Crippen LogP contribution < -0.4 is 15.4 Å². The number of primary sulfonamides is 1. The molecule has 0 unspecified atom stereocenters. The predicted molar refractivity (Wildman–Crippen MR) is 108 cm³/mol. The van der Waals surface area contributed by atoms with Crippen LogP contribution in [0.4, 0.5) is 33.5 Å². The van der Waals surface area contributed by atoms with Gasteiger partial charge in [-0.25, -0.2) is 27.3 Å². The first-order valence-corrected chi connectivity index (χ1v) is 11.4. The number of anilines is 2. The van der Waals surface area contributed by atoms with Crippen molar-refractivity contribution < 1.29 is 35.2 Å². The summed E-state index contributed by atoms with van der Waals surface area (Å²) in [4.78, 5) is 17.9. The summed E-state index contributed by atoms with van der Waals surface area (Å²) >= 11 is 0. The zero-order valence-electron chi connectivity index (χ0n) is 17.0. The number of benzene rings is 1. The first kappa shape index (κ1) is 23.4. The van der Waals surface area contributed by atoms with Crippen molar-refractivity contribution in [1.82, 2.24) is 4.98 Å². The standard InChI is InChI=1S/C20H19F5N4O3S/c21-19(22)10-18(19)5-2-6-29(11-18)16-15(7-12(9-27-16)20(23,24)25)17(30)28-13-3-1-4-14(8-13)33(26,31)32/h1,3-4,7-9H,2,5-6,10-11H2,(H,28,30)(H2,26,31,32)/t18-/m1/s1. The summed E-state index contributed by atoms with van der Waals surface area (Å²) in [6.07, 6.45) is -3.91.